The molecule has 1 aliphatic carbocycles. The molecule has 1 fully saturated rings. The fraction of sp³-hybridized carbons (Fsp3) is 0.423. The second-order valence-electron chi connectivity index (χ2n) is 8.43. The van der Waals surface area contributed by atoms with Crippen LogP contribution in [-0.4, -0.2) is 19.0 Å². The molecule has 160 valence electrons. The number of allylic oxidation sites excluding steroid dienone is 4. The Morgan fingerprint density at radius 3 is 2.63 bits per heavy atom. The Labute approximate surface area is 186 Å². The van der Waals surface area contributed by atoms with Crippen LogP contribution >= 0.6 is 11.6 Å². The maximum absolute atomic E-state index is 6.29. The SMILES string of the molecule is C=C/C=C\C(=NC)OC1CCC(C(=C)N2C(=C)CC(C)Cc3cc(Cl)ccc32)CC1. The van der Waals surface area contributed by atoms with Gasteiger partial charge < -0.3 is 9.64 Å². The lowest BCUT2D eigenvalue weighted by Crippen LogP contribution is -2.30. The van der Waals surface area contributed by atoms with E-state index in [1.165, 1.54) is 11.3 Å². The van der Waals surface area contributed by atoms with Crippen LogP contribution in [0.25, 0.3) is 0 Å². The van der Waals surface area contributed by atoms with Crippen molar-refractivity contribution in [3.63, 3.8) is 0 Å². The average Bonchev–Trinajstić information content (AvgIpc) is 2.84. The third-order valence-corrected chi connectivity index (χ3v) is 6.30. The van der Waals surface area contributed by atoms with Crippen LogP contribution in [0.2, 0.25) is 5.02 Å². The summed E-state index contributed by atoms with van der Waals surface area (Å²) in [5.41, 5.74) is 4.74. The maximum atomic E-state index is 6.29. The first-order chi connectivity index (χ1) is 14.4. The van der Waals surface area contributed by atoms with Crippen LogP contribution in [0.5, 0.6) is 0 Å². The number of aliphatic imine (C=N–C) groups is 1. The van der Waals surface area contributed by atoms with Crippen molar-refractivity contribution in [3.8, 4) is 0 Å². The first kappa shape index (κ1) is 22.4. The number of fused-ring (bicyclic) bond motifs is 1. The van der Waals surface area contributed by atoms with Crippen molar-refractivity contribution in [3.05, 3.63) is 78.1 Å². The van der Waals surface area contributed by atoms with Crippen LogP contribution in [0, 0.1) is 11.8 Å². The van der Waals surface area contributed by atoms with Crippen molar-refractivity contribution >= 4 is 23.2 Å². The van der Waals surface area contributed by atoms with Crippen molar-refractivity contribution in [2.24, 2.45) is 16.8 Å². The van der Waals surface area contributed by atoms with Crippen LogP contribution in [0.3, 0.4) is 0 Å². The second-order valence-corrected chi connectivity index (χ2v) is 8.86. The molecule has 30 heavy (non-hydrogen) atoms. The van der Waals surface area contributed by atoms with Gasteiger partial charge in [0.2, 0.25) is 5.90 Å². The predicted octanol–water partition coefficient (Wildman–Crippen LogP) is 7.10. The molecule has 2 aliphatic rings. The van der Waals surface area contributed by atoms with Gasteiger partial charge in [-0.1, -0.05) is 50.4 Å². The lowest BCUT2D eigenvalue weighted by molar-refractivity contribution is 0.128. The quantitative estimate of drug-likeness (QED) is 0.286. The number of nitrogens with zero attached hydrogens (tertiary/aromatic N) is 2. The molecule has 0 amide bonds. The van der Waals surface area contributed by atoms with Crippen molar-refractivity contribution in [1.29, 1.82) is 0 Å². The molecule has 1 aromatic rings. The van der Waals surface area contributed by atoms with Gasteiger partial charge in [0.25, 0.3) is 0 Å². The highest BCUT2D eigenvalue weighted by Crippen LogP contribution is 2.41. The molecule has 0 aromatic heterocycles. The van der Waals surface area contributed by atoms with Crippen molar-refractivity contribution in [1.82, 2.24) is 0 Å². The zero-order chi connectivity index (χ0) is 21.7. The molecule has 0 spiro atoms. The standard InChI is InChI=1S/C26H33ClN2O/c1-6-7-8-26(28-5)30-24-12-9-21(10-13-24)20(4)29-19(3)15-18(2)16-22-17-23(27)11-14-25(22)29/h6-8,11,14,17-18,21,24H,1,3-4,9-10,12-13,15-16H2,2,5H3/b8-7-,28-26?. The molecule has 1 aromatic carbocycles. The van der Waals surface area contributed by atoms with Crippen LogP contribution in [0.15, 0.2) is 72.6 Å². The van der Waals surface area contributed by atoms with Crippen LogP contribution in [0.1, 0.15) is 44.6 Å². The Balaban J connectivity index is 1.71. The summed E-state index contributed by atoms with van der Waals surface area (Å²) in [7, 11) is 1.76. The molecule has 1 atom stereocenters. The molecule has 0 saturated heterocycles. The Kier molecular flexibility index (Phi) is 7.60. The number of rotatable bonds is 5. The van der Waals surface area contributed by atoms with E-state index < -0.39 is 0 Å². The summed E-state index contributed by atoms with van der Waals surface area (Å²) in [5.74, 6) is 1.62. The number of anilines is 1. The average molecular weight is 425 g/mol. The van der Waals surface area contributed by atoms with E-state index in [9.17, 15) is 0 Å². The normalized spacial score (nSPS) is 25.0. The number of halogens is 1. The van der Waals surface area contributed by atoms with E-state index in [1.807, 2.05) is 18.2 Å². The minimum absolute atomic E-state index is 0.195. The van der Waals surface area contributed by atoms with E-state index in [0.29, 0.717) is 17.7 Å². The smallest absolute Gasteiger partial charge is 0.208 e. The predicted molar refractivity (Wildman–Crippen MR) is 129 cm³/mol. The van der Waals surface area contributed by atoms with Gasteiger partial charge >= 0.3 is 0 Å². The highest BCUT2D eigenvalue weighted by atomic mass is 35.5. The van der Waals surface area contributed by atoms with Crippen molar-refractivity contribution in [2.45, 2.75) is 51.6 Å². The highest BCUT2D eigenvalue weighted by Gasteiger charge is 2.31. The van der Waals surface area contributed by atoms with Gasteiger partial charge in [0.1, 0.15) is 6.10 Å². The van der Waals surface area contributed by atoms with Gasteiger partial charge in [0.15, 0.2) is 0 Å². The minimum Gasteiger partial charge on any atom is -0.475 e. The van der Waals surface area contributed by atoms with Gasteiger partial charge in [-0.15, -0.1) is 0 Å². The van der Waals surface area contributed by atoms with E-state index in [2.05, 4.69) is 48.7 Å². The van der Waals surface area contributed by atoms with Crippen LogP contribution in [-0.2, 0) is 11.2 Å². The van der Waals surface area contributed by atoms with E-state index >= 15 is 0 Å². The van der Waals surface area contributed by atoms with Gasteiger partial charge in [-0.3, -0.25) is 4.99 Å². The lowest BCUT2D eigenvalue weighted by atomic mass is 9.84. The number of benzene rings is 1. The zero-order valence-corrected chi connectivity index (χ0v) is 19.0. The molecule has 3 rings (SSSR count). The van der Waals surface area contributed by atoms with E-state index in [4.69, 9.17) is 16.3 Å². The van der Waals surface area contributed by atoms with Crippen molar-refractivity contribution in [2.75, 3.05) is 11.9 Å². The molecule has 1 aliphatic heterocycles. The summed E-state index contributed by atoms with van der Waals surface area (Å²) in [4.78, 5) is 6.52. The third-order valence-electron chi connectivity index (χ3n) is 6.07. The van der Waals surface area contributed by atoms with E-state index in [-0.39, 0.29) is 6.10 Å². The second kappa shape index (κ2) is 10.2. The molecule has 0 radical (unpaired) electrons. The Bertz CT molecular complexity index is 862. The van der Waals surface area contributed by atoms with E-state index in [0.717, 1.165) is 54.9 Å². The van der Waals surface area contributed by atoms with Gasteiger partial charge in [0, 0.05) is 29.2 Å². The first-order valence-electron chi connectivity index (χ1n) is 10.8. The lowest BCUT2D eigenvalue weighted by Gasteiger charge is -2.36. The summed E-state index contributed by atoms with van der Waals surface area (Å²) in [6.45, 7) is 14.9. The summed E-state index contributed by atoms with van der Waals surface area (Å²) in [6, 6.07) is 6.19. The highest BCUT2D eigenvalue weighted by molar-refractivity contribution is 6.30. The number of hydrogen-bond acceptors (Lipinski definition) is 3. The number of hydrogen-bond donors (Lipinski definition) is 0. The molecule has 0 N–H and O–H groups in total. The molecule has 1 saturated carbocycles. The van der Waals surface area contributed by atoms with Crippen LogP contribution < -0.4 is 4.90 Å². The maximum Gasteiger partial charge on any atom is 0.208 e. The van der Waals surface area contributed by atoms with Gasteiger partial charge in [-0.25, -0.2) is 0 Å². The Morgan fingerprint density at radius 2 is 1.97 bits per heavy atom. The topological polar surface area (TPSA) is 24.8 Å². The zero-order valence-electron chi connectivity index (χ0n) is 18.2. The van der Waals surface area contributed by atoms with Crippen LogP contribution in [0.4, 0.5) is 5.69 Å². The largest absolute Gasteiger partial charge is 0.475 e. The monoisotopic (exact) mass is 424 g/mol. The van der Waals surface area contributed by atoms with Gasteiger partial charge in [0.05, 0.1) is 0 Å². The summed E-state index contributed by atoms with van der Waals surface area (Å²) in [5, 5.41) is 0.788. The van der Waals surface area contributed by atoms with Gasteiger partial charge in [-0.05, 0) is 80.2 Å². The van der Waals surface area contributed by atoms with Crippen molar-refractivity contribution < 1.29 is 4.74 Å². The Morgan fingerprint density at radius 1 is 1.23 bits per heavy atom. The fourth-order valence-electron chi connectivity index (χ4n) is 4.59. The molecular weight excluding hydrogens is 392 g/mol. The summed E-state index contributed by atoms with van der Waals surface area (Å²) < 4.78 is 6.08. The van der Waals surface area contributed by atoms with E-state index in [1.54, 1.807) is 13.1 Å². The molecular formula is C26H33ClN2O. The molecule has 4 heteroatoms. The van der Waals surface area contributed by atoms with Gasteiger partial charge in [-0.2, -0.15) is 0 Å². The summed E-state index contributed by atoms with van der Waals surface area (Å²) >= 11 is 6.29. The Hall–Kier alpha value is -2.26. The minimum atomic E-state index is 0.195. The first-order valence-corrected chi connectivity index (χ1v) is 11.2. The molecule has 3 nitrogen and oxygen atoms in total. The number of ether oxygens (including phenoxy) is 1. The molecule has 0 bridgehead atoms. The fourth-order valence-corrected chi connectivity index (χ4v) is 4.78. The third kappa shape index (κ3) is 5.26. The molecule has 1 unspecified atom stereocenters. The summed E-state index contributed by atoms with van der Waals surface area (Å²) in [6.07, 6.45) is 11.7. The molecule has 1 heterocycles.